The normalized spacial score (nSPS) is 12.4. The van der Waals surface area contributed by atoms with Crippen LogP contribution in [0.5, 0.6) is 0 Å². The predicted octanol–water partition coefficient (Wildman–Crippen LogP) is 21.8. The molecule has 0 bridgehead atoms. The summed E-state index contributed by atoms with van der Waals surface area (Å²) in [6.07, 6.45) is 77.1. The minimum absolute atomic E-state index is 0.0191. The Kier molecular flexibility index (Phi) is 63.4. The van der Waals surface area contributed by atoms with Crippen molar-refractivity contribution < 1.29 is 24.5 Å². The molecule has 0 saturated carbocycles. The van der Waals surface area contributed by atoms with Crippen LogP contribution in [0, 0.1) is 0 Å². The molecule has 0 heterocycles. The zero-order valence-corrected chi connectivity index (χ0v) is 50.6. The quantitative estimate of drug-likeness (QED) is 0.0417. The molecule has 6 heteroatoms. The third-order valence-electron chi connectivity index (χ3n) is 16.4. The van der Waals surface area contributed by atoms with E-state index in [2.05, 4.69) is 19.2 Å². The van der Waals surface area contributed by atoms with Crippen LogP contribution in [0.25, 0.3) is 0 Å². The van der Waals surface area contributed by atoms with Gasteiger partial charge in [0.1, 0.15) is 0 Å². The molecular weight excluding hydrogens is 911 g/mol. The van der Waals surface area contributed by atoms with Crippen molar-refractivity contribution in [2.45, 2.75) is 411 Å². The Morgan fingerprint density at radius 3 is 0.824 bits per heavy atom. The summed E-state index contributed by atoms with van der Waals surface area (Å²) in [6.45, 7) is 5.00. The van der Waals surface area contributed by atoms with Gasteiger partial charge >= 0.3 is 5.97 Å². The Labute approximate surface area is 464 Å². The Morgan fingerprint density at radius 1 is 0.324 bits per heavy atom. The fourth-order valence-corrected chi connectivity index (χ4v) is 11.2. The van der Waals surface area contributed by atoms with Gasteiger partial charge < -0.3 is 20.3 Å². The molecule has 0 aromatic heterocycles. The Hall–Kier alpha value is -1.14. The lowest BCUT2D eigenvalue weighted by atomic mass is 10.0. The Bertz CT molecular complexity index is 1070. The van der Waals surface area contributed by atoms with Crippen LogP contribution in [0.15, 0.2) is 0 Å². The highest BCUT2D eigenvalue weighted by molar-refractivity contribution is 5.76. The minimum Gasteiger partial charge on any atom is -0.466 e. The summed E-state index contributed by atoms with van der Waals surface area (Å²) in [4.78, 5) is 24.6. The number of hydrogen-bond donors (Lipinski definition) is 3. The third-order valence-corrected chi connectivity index (χ3v) is 16.4. The van der Waals surface area contributed by atoms with Crippen molar-refractivity contribution in [3.05, 3.63) is 0 Å². The molecule has 0 aromatic carbocycles. The Morgan fingerprint density at radius 2 is 0.554 bits per heavy atom. The van der Waals surface area contributed by atoms with Crippen molar-refractivity contribution in [3.63, 3.8) is 0 Å². The van der Waals surface area contributed by atoms with Gasteiger partial charge in [-0.25, -0.2) is 0 Å². The number of unbranched alkanes of at least 4 members (excludes halogenated alkanes) is 54. The van der Waals surface area contributed by atoms with E-state index in [0.717, 1.165) is 38.5 Å². The number of carbonyl (C=O) groups excluding carboxylic acids is 2. The van der Waals surface area contributed by atoms with Gasteiger partial charge in [-0.05, 0) is 25.7 Å². The molecule has 2 unspecified atom stereocenters. The molecule has 0 aliphatic heterocycles. The maximum Gasteiger partial charge on any atom is 0.305 e. The molecule has 0 rings (SSSR count). The van der Waals surface area contributed by atoms with Crippen LogP contribution in [0.1, 0.15) is 399 Å². The standard InChI is InChI=1S/C68H135NO5/c1-3-5-7-9-11-13-15-17-19-21-30-34-38-42-46-50-54-58-62-68(73)74-63-59-55-51-47-43-39-35-31-27-25-23-22-24-26-29-33-37-41-45-49-53-57-61-67(72)69-65(64-70)66(71)60-56-52-48-44-40-36-32-28-20-18-16-14-12-10-8-6-4-2/h65-66,70-71H,3-64H2,1-2H3,(H,69,72). The molecule has 3 N–H and O–H groups in total. The highest BCUT2D eigenvalue weighted by Gasteiger charge is 2.20. The van der Waals surface area contributed by atoms with Gasteiger partial charge in [0.05, 0.1) is 25.4 Å². The number of ether oxygens (including phenoxy) is 1. The first-order chi connectivity index (χ1) is 36.5. The minimum atomic E-state index is -0.664. The van der Waals surface area contributed by atoms with Crippen molar-refractivity contribution in [1.29, 1.82) is 0 Å². The zero-order chi connectivity index (χ0) is 53.6. The predicted molar refractivity (Wildman–Crippen MR) is 324 cm³/mol. The molecule has 0 aliphatic carbocycles. The molecule has 0 fully saturated rings. The molecule has 0 spiro atoms. The van der Waals surface area contributed by atoms with Crippen molar-refractivity contribution >= 4 is 11.9 Å². The zero-order valence-electron chi connectivity index (χ0n) is 50.6. The van der Waals surface area contributed by atoms with Gasteiger partial charge in [-0.15, -0.1) is 0 Å². The second-order valence-electron chi connectivity index (χ2n) is 23.9. The number of carbonyl (C=O) groups is 2. The van der Waals surface area contributed by atoms with E-state index < -0.39 is 12.1 Å². The van der Waals surface area contributed by atoms with Gasteiger partial charge in [-0.1, -0.05) is 361 Å². The van der Waals surface area contributed by atoms with Crippen molar-refractivity contribution in [3.8, 4) is 0 Å². The van der Waals surface area contributed by atoms with Crippen LogP contribution < -0.4 is 5.32 Å². The van der Waals surface area contributed by atoms with Gasteiger partial charge in [0.15, 0.2) is 0 Å². The van der Waals surface area contributed by atoms with Crippen LogP contribution in [0.4, 0.5) is 0 Å². The number of esters is 1. The summed E-state index contributed by atoms with van der Waals surface area (Å²) in [7, 11) is 0. The highest BCUT2D eigenvalue weighted by atomic mass is 16.5. The molecule has 0 radical (unpaired) electrons. The van der Waals surface area contributed by atoms with E-state index in [1.54, 1.807) is 0 Å². The average molecular weight is 1050 g/mol. The lowest BCUT2D eigenvalue weighted by Gasteiger charge is -2.22. The lowest BCUT2D eigenvalue weighted by Crippen LogP contribution is -2.45. The van der Waals surface area contributed by atoms with E-state index in [1.807, 2.05) is 0 Å². The molecule has 0 aliphatic rings. The molecule has 2 atom stereocenters. The number of amides is 1. The highest BCUT2D eigenvalue weighted by Crippen LogP contribution is 2.19. The molecule has 442 valence electrons. The largest absolute Gasteiger partial charge is 0.466 e. The second-order valence-corrected chi connectivity index (χ2v) is 23.9. The van der Waals surface area contributed by atoms with Crippen molar-refractivity contribution in [1.82, 2.24) is 5.32 Å². The fraction of sp³-hybridized carbons (Fsp3) is 0.971. The van der Waals surface area contributed by atoms with Crippen LogP contribution >= 0.6 is 0 Å². The maximum absolute atomic E-state index is 12.5. The Balaban J connectivity index is 3.35. The molecule has 1 amide bonds. The SMILES string of the molecule is CCCCCCCCCCCCCCCCCCCCC(=O)OCCCCCCCCCCCCCCCCCCCCCCCCC(=O)NC(CO)C(O)CCCCCCCCCCCCCCCCCCC. The summed E-state index contributed by atoms with van der Waals surface area (Å²) in [5.74, 6) is -0.0117. The first kappa shape index (κ1) is 72.9. The fourth-order valence-electron chi connectivity index (χ4n) is 11.2. The lowest BCUT2D eigenvalue weighted by molar-refractivity contribution is -0.143. The van der Waals surface area contributed by atoms with Crippen molar-refractivity contribution in [2.24, 2.45) is 0 Å². The maximum atomic E-state index is 12.5. The first-order valence-corrected chi connectivity index (χ1v) is 34.3. The summed E-state index contributed by atoms with van der Waals surface area (Å²) < 4.78 is 5.51. The van der Waals surface area contributed by atoms with Crippen LogP contribution in [-0.4, -0.2) is 47.4 Å². The van der Waals surface area contributed by atoms with Gasteiger partial charge in [0.25, 0.3) is 0 Å². The van der Waals surface area contributed by atoms with E-state index in [1.165, 1.54) is 327 Å². The topological polar surface area (TPSA) is 95.9 Å². The average Bonchev–Trinajstić information content (AvgIpc) is 3.40. The van der Waals surface area contributed by atoms with E-state index in [4.69, 9.17) is 4.74 Å². The number of nitrogens with one attached hydrogen (secondary N) is 1. The number of rotatable bonds is 65. The summed E-state index contributed by atoms with van der Waals surface area (Å²) in [5, 5.41) is 23.4. The van der Waals surface area contributed by atoms with Gasteiger partial charge in [-0.2, -0.15) is 0 Å². The van der Waals surface area contributed by atoms with Crippen LogP contribution in [0.3, 0.4) is 0 Å². The monoisotopic (exact) mass is 1050 g/mol. The van der Waals surface area contributed by atoms with Crippen LogP contribution in [-0.2, 0) is 14.3 Å². The number of aliphatic hydroxyl groups excluding tert-OH is 2. The second kappa shape index (κ2) is 64.4. The molecule has 0 saturated heterocycles. The number of hydrogen-bond acceptors (Lipinski definition) is 5. The van der Waals surface area contributed by atoms with E-state index >= 15 is 0 Å². The van der Waals surface area contributed by atoms with Gasteiger partial charge in [0, 0.05) is 12.8 Å². The van der Waals surface area contributed by atoms with Crippen molar-refractivity contribution in [2.75, 3.05) is 13.2 Å². The summed E-state index contributed by atoms with van der Waals surface area (Å²) in [6, 6.07) is -0.541. The molecule has 6 nitrogen and oxygen atoms in total. The number of aliphatic hydroxyl groups is 2. The van der Waals surface area contributed by atoms with E-state index in [0.29, 0.717) is 25.9 Å². The molecule has 74 heavy (non-hydrogen) atoms. The smallest absolute Gasteiger partial charge is 0.305 e. The summed E-state index contributed by atoms with van der Waals surface area (Å²) in [5.41, 5.74) is 0. The van der Waals surface area contributed by atoms with Gasteiger partial charge in [-0.3, -0.25) is 9.59 Å². The van der Waals surface area contributed by atoms with E-state index in [9.17, 15) is 19.8 Å². The van der Waals surface area contributed by atoms with E-state index in [-0.39, 0.29) is 18.5 Å². The third kappa shape index (κ3) is 60.1. The molecule has 0 aromatic rings. The summed E-state index contributed by atoms with van der Waals surface area (Å²) >= 11 is 0. The van der Waals surface area contributed by atoms with Gasteiger partial charge in [0.2, 0.25) is 5.91 Å². The molecular formula is C68H135NO5. The van der Waals surface area contributed by atoms with Crippen LogP contribution in [0.2, 0.25) is 0 Å². The first-order valence-electron chi connectivity index (χ1n) is 34.3.